The van der Waals surface area contributed by atoms with Gasteiger partial charge in [-0.3, -0.25) is 9.69 Å². The van der Waals surface area contributed by atoms with Gasteiger partial charge in [0.25, 0.3) is 0 Å². The molecule has 1 amide bonds. The summed E-state index contributed by atoms with van der Waals surface area (Å²) in [5.41, 5.74) is 0.545. The summed E-state index contributed by atoms with van der Waals surface area (Å²) in [5.74, 6) is 0.866. The van der Waals surface area contributed by atoms with Crippen molar-refractivity contribution >= 4 is 17.4 Å². The summed E-state index contributed by atoms with van der Waals surface area (Å²) in [5, 5.41) is 2.76. The number of alkyl halides is 2. The lowest BCUT2D eigenvalue weighted by molar-refractivity contribution is -0.117. The molecule has 0 spiro atoms. The van der Waals surface area contributed by atoms with Gasteiger partial charge in [0, 0.05) is 38.1 Å². The van der Waals surface area contributed by atoms with Crippen LogP contribution in [-0.2, 0) is 4.79 Å². The van der Waals surface area contributed by atoms with Gasteiger partial charge < -0.3 is 15.0 Å². The summed E-state index contributed by atoms with van der Waals surface area (Å²) < 4.78 is 28.5. The van der Waals surface area contributed by atoms with Crippen LogP contribution in [0.5, 0.6) is 5.75 Å². The minimum absolute atomic E-state index is 0.0589. The van der Waals surface area contributed by atoms with Crippen molar-refractivity contribution in [3.05, 3.63) is 48.7 Å². The van der Waals surface area contributed by atoms with E-state index in [1.807, 2.05) is 18.2 Å². The zero-order chi connectivity index (χ0) is 18.4. The first kappa shape index (κ1) is 18.1. The van der Waals surface area contributed by atoms with Gasteiger partial charge in [-0.05, 0) is 36.4 Å². The van der Waals surface area contributed by atoms with Crippen molar-refractivity contribution in [3.63, 3.8) is 0 Å². The van der Waals surface area contributed by atoms with E-state index in [9.17, 15) is 13.6 Å². The number of carbonyl (C=O) groups excluding carboxylic acids is 1. The Kier molecular flexibility index (Phi) is 5.96. The predicted molar refractivity (Wildman–Crippen MR) is 94.6 cm³/mol. The van der Waals surface area contributed by atoms with E-state index in [0.717, 1.165) is 32.0 Å². The van der Waals surface area contributed by atoms with E-state index < -0.39 is 6.61 Å². The van der Waals surface area contributed by atoms with Gasteiger partial charge in [-0.25, -0.2) is 4.98 Å². The molecule has 1 fully saturated rings. The van der Waals surface area contributed by atoms with Gasteiger partial charge in [0.05, 0.1) is 6.54 Å². The minimum atomic E-state index is -2.86. The smallest absolute Gasteiger partial charge is 0.387 e. The molecule has 0 unspecified atom stereocenters. The average Bonchev–Trinajstić information content (AvgIpc) is 2.64. The number of ether oxygens (including phenoxy) is 1. The van der Waals surface area contributed by atoms with Crippen molar-refractivity contribution in [3.8, 4) is 5.75 Å². The highest BCUT2D eigenvalue weighted by Crippen LogP contribution is 2.18. The zero-order valence-electron chi connectivity index (χ0n) is 14.1. The van der Waals surface area contributed by atoms with E-state index >= 15 is 0 Å². The molecule has 26 heavy (non-hydrogen) atoms. The molecule has 0 bridgehead atoms. The van der Waals surface area contributed by atoms with Gasteiger partial charge >= 0.3 is 6.61 Å². The topological polar surface area (TPSA) is 57.7 Å². The van der Waals surface area contributed by atoms with Gasteiger partial charge in [-0.15, -0.1) is 0 Å². The Morgan fingerprint density at radius 2 is 1.85 bits per heavy atom. The molecule has 1 aliphatic rings. The summed E-state index contributed by atoms with van der Waals surface area (Å²) >= 11 is 0. The maximum atomic E-state index is 12.2. The van der Waals surface area contributed by atoms with Gasteiger partial charge in [0.15, 0.2) is 0 Å². The van der Waals surface area contributed by atoms with E-state index in [0.29, 0.717) is 5.69 Å². The number of piperazine rings is 1. The van der Waals surface area contributed by atoms with Crippen LogP contribution < -0.4 is 15.0 Å². The fraction of sp³-hybridized carbons (Fsp3) is 0.333. The number of anilines is 2. The maximum Gasteiger partial charge on any atom is 0.387 e. The standard InChI is InChI=1S/C18H20F2N4O2/c19-18(20)26-15-6-4-14(5-7-15)22-17(25)13-23-9-11-24(12-10-23)16-3-1-2-8-21-16/h1-8,18H,9-13H2,(H,22,25). The van der Waals surface area contributed by atoms with E-state index in [-0.39, 0.29) is 18.2 Å². The van der Waals surface area contributed by atoms with Crippen LogP contribution in [-0.4, -0.2) is 55.1 Å². The summed E-state index contributed by atoms with van der Waals surface area (Å²) in [7, 11) is 0. The number of nitrogens with one attached hydrogen (secondary N) is 1. The lowest BCUT2D eigenvalue weighted by Gasteiger charge is -2.34. The molecule has 1 aromatic carbocycles. The van der Waals surface area contributed by atoms with Gasteiger partial charge in [-0.1, -0.05) is 6.07 Å². The predicted octanol–water partition coefficient (Wildman–Crippen LogP) is 2.44. The lowest BCUT2D eigenvalue weighted by atomic mass is 10.3. The molecular formula is C18H20F2N4O2. The van der Waals surface area contributed by atoms with Crippen LogP contribution in [0.3, 0.4) is 0 Å². The maximum absolute atomic E-state index is 12.2. The van der Waals surface area contributed by atoms with Crippen LogP contribution in [0, 0.1) is 0 Å². The van der Waals surface area contributed by atoms with Crippen LogP contribution in [0.2, 0.25) is 0 Å². The molecule has 1 N–H and O–H groups in total. The Balaban J connectivity index is 1.44. The number of amides is 1. The Labute approximate surface area is 150 Å². The van der Waals surface area contributed by atoms with E-state index in [1.54, 1.807) is 6.20 Å². The third-order valence-corrected chi connectivity index (χ3v) is 4.08. The van der Waals surface area contributed by atoms with E-state index in [4.69, 9.17) is 0 Å². The largest absolute Gasteiger partial charge is 0.435 e. The highest BCUT2D eigenvalue weighted by molar-refractivity contribution is 5.92. The molecule has 8 heteroatoms. The third-order valence-electron chi connectivity index (χ3n) is 4.08. The monoisotopic (exact) mass is 362 g/mol. The number of halogens is 2. The fourth-order valence-electron chi connectivity index (χ4n) is 2.80. The number of aromatic nitrogens is 1. The fourth-order valence-corrected chi connectivity index (χ4v) is 2.80. The molecule has 3 rings (SSSR count). The molecule has 1 saturated heterocycles. The third kappa shape index (κ3) is 5.13. The van der Waals surface area contributed by atoms with Gasteiger partial charge in [-0.2, -0.15) is 8.78 Å². The van der Waals surface area contributed by atoms with Gasteiger partial charge in [0.2, 0.25) is 5.91 Å². The molecule has 1 aliphatic heterocycles. The average molecular weight is 362 g/mol. The van der Waals surface area contributed by atoms with Crippen molar-refractivity contribution < 1.29 is 18.3 Å². The highest BCUT2D eigenvalue weighted by atomic mass is 19.3. The quantitative estimate of drug-likeness (QED) is 0.855. The van der Waals surface area contributed by atoms with E-state index in [2.05, 4.69) is 24.8 Å². The number of nitrogens with zero attached hydrogens (tertiary/aromatic N) is 3. The molecule has 138 valence electrons. The van der Waals surface area contributed by atoms with Crippen LogP contribution in [0.25, 0.3) is 0 Å². The number of carbonyl (C=O) groups is 1. The van der Waals surface area contributed by atoms with Gasteiger partial charge in [0.1, 0.15) is 11.6 Å². The van der Waals surface area contributed by atoms with Crippen LogP contribution in [0.4, 0.5) is 20.3 Å². The molecule has 2 heterocycles. The second kappa shape index (κ2) is 8.57. The summed E-state index contributed by atoms with van der Waals surface area (Å²) in [6.45, 7) is 0.579. The molecule has 0 radical (unpaired) electrons. The summed E-state index contributed by atoms with van der Waals surface area (Å²) in [4.78, 5) is 20.8. The SMILES string of the molecule is O=C(CN1CCN(c2ccccn2)CC1)Nc1ccc(OC(F)F)cc1. The Hall–Kier alpha value is -2.74. The number of rotatable bonds is 6. The Bertz CT molecular complexity index is 705. The number of hydrogen-bond donors (Lipinski definition) is 1. The minimum Gasteiger partial charge on any atom is -0.435 e. The molecule has 0 saturated carbocycles. The molecular weight excluding hydrogens is 342 g/mol. The molecule has 0 aliphatic carbocycles. The Morgan fingerprint density at radius 3 is 2.46 bits per heavy atom. The molecule has 1 aromatic heterocycles. The van der Waals surface area contributed by atoms with Crippen LogP contribution >= 0.6 is 0 Å². The van der Waals surface area contributed by atoms with Crippen molar-refractivity contribution in [2.24, 2.45) is 0 Å². The van der Waals surface area contributed by atoms with Crippen molar-refractivity contribution in [1.29, 1.82) is 0 Å². The zero-order valence-corrected chi connectivity index (χ0v) is 14.1. The molecule has 0 atom stereocenters. The first-order chi connectivity index (χ1) is 12.6. The summed E-state index contributed by atoms with van der Waals surface area (Å²) in [6, 6.07) is 11.7. The molecule has 6 nitrogen and oxygen atoms in total. The van der Waals surface area contributed by atoms with Crippen molar-refractivity contribution in [2.75, 3.05) is 42.9 Å². The number of benzene rings is 1. The van der Waals surface area contributed by atoms with Crippen LogP contribution in [0.1, 0.15) is 0 Å². The first-order valence-electron chi connectivity index (χ1n) is 8.33. The van der Waals surface area contributed by atoms with E-state index in [1.165, 1.54) is 24.3 Å². The summed E-state index contributed by atoms with van der Waals surface area (Å²) in [6.07, 6.45) is 1.77. The number of pyridine rings is 1. The lowest BCUT2D eigenvalue weighted by Crippen LogP contribution is -2.48. The first-order valence-corrected chi connectivity index (χ1v) is 8.33. The molecule has 2 aromatic rings. The number of hydrogen-bond acceptors (Lipinski definition) is 5. The highest BCUT2D eigenvalue weighted by Gasteiger charge is 2.19. The second-order valence-corrected chi connectivity index (χ2v) is 5.90. The Morgan fingerprint density at radius 1 is 1.12 bits per heavy atom. The van der Waals surface area contributed by atoms with Crippen molar-refractivity contribution in [1.82, 2.24) is 9.88 Å². The van der Waals surface area contributed by atoms with Crippen molar-refractivity contribution in [2.45, 2.75) is 6.61 Å². The van der Waals surface area contributed by atoms with Crippen LogP contribution in [0.15, 0.2) is 48.7 Å². The normalized spacial score (nSPS) is 15.1. The second-order valence-electron chi connectivity index (χ2n) is 5.90.